The first-order valence-corrected chi connectivity index (χ1v) is 26.0. The van der Waals surface area contributed by atoms with Gasteiger partial charge in [0.25, 0.3) is 0 Å². The van der Waals surface area contributed by atoms with Crippen molar-refractivity contribution in [2.24, 2.45) is 16.2 Å². The molecule has 2 aromatic heterocycles. The van der Waals surface area contributed by atoms with Crippen LogP contribution in [0.25, 0.3) is 42.3 Å². The third-order valence-electron chi connectivity index (χ3n) is 12.3. The predicted octanol–water partition coefficient (Wildman–Crippen LogP) is 13.4. The summed E-state index contributed by atoms with van der Waals surface area (Å²) in [6.45, 7) is 26.2. The van der Waals surface area contributed by atoms with Crippen LogP contribution in [0.15, 0.2) is 66.7 Å². The molecule has 0 unspecified atom stereocenters. The van der Waals surface area contributed by atoms with Gasteiger partial charge < -0.3 is 5.11 Å². The van der Waals surface area contributed by atoms with Crippen LogP contribution in [0, 0.1) is 22.3 Å². The molecule has 5 aromatic rings. The zero-order chi connectivity index (χ0) is 38.5. The van der Waals surface area contributed by atoms with Gasteiger partial charge in [-0.2, -0.15) is 0 Å². The summed E-state index contributed by atoms with van der Waals surface area (Å²) >= 11 is -0.399. The number of hydrogen-bond donors (Lipinski definition) is 1. The number of aliphatic hydroxyl groups excluding tert-OH is 1. The average Bonchev–Trinajstić information content (AvgIpc) is 3.52. The van der Waals surface area contributed by atoms with Crippen LogP contribution in [0.4, 0.5) is 0 Å². The molecule has 0 spiro atoms. The van der Waals surface area contributed by atoms with Crippen LogP contribution in [0.2, 0.25) is 15.8 Å². The summed E-state index contributed by atoms with van der Waals surface area (Å²) in [6.07, 6.45) is 7.56. The SMILES string of the molecule is CCC(C)(CC)C(=O)/C=C(\O)C(C)(CC)CC.C[CH2][Ge]([CH2]C)([CH2]C)[c]1cc(-c2ncnc3c2sc2cc(CC(C)(C)C)ccc23)[c-]c2ccccc12.[Ir]. The largest absolute Gasteiger partial charge is 0 e. The van der Waals surface area contributed by atoms with E-state index in [0.29, 0.717) is 0 Å². The molecule has 0 saturated heterocycles. The quantitative estimate of drug-likeness (QED) is 0.0553. The number of ketones is 1. The minimum Gasteiger partial charge on any atom is 0 e. The molecule has 0 atom stereocenters. The van der Waals surface area contributed by atoms with E-state index in [0.717, 1.165) is 48.9 Å². The Morgan fingerprint density at radius 1 is 0.811 bits per heavy atom. The summed E-state index contributed by atoms with van der Waals surface area (Å²) in [5, 5.41) is 17.9. The number of carbonyl (C=O) groups is 1. The minimum absolute atomic E-state index is 0. The number of aromatic nitrogens is 2. The van der Waals surface area contributed by atoms with E-state index in [1.165, 1.54) is 53.0 Å². The summed E-state index contributed by atoms with van der Waals surface area (Å²) in [4.78, 5) is 21.8. The fourth-order valence-electron chi connectivity index (χ4n) is 7.33. The second kappa shape index (κ2) is 18.5. The normalized spacial score (nSPS) is 12.9. The smallest absolute Gasteiger partial charge is 0 e. The Hall–Kier alpha value is -2.38. The van der Waals surface area contributed by atoms with Crippen LogP contribution >= 0.6 is 11.3 Å². The molecule has 289 valence electrons. The second-order valence-electron chi connectivity index (χ2n) is 16.5. The van der Waals surface area contributed by atoms with Gasteiger partial charge in [-0.25, -0.2) is 0 Å². The third kappa shape index (κ3) is 9.72. The second-order valence-corrected chi connectivity index (χ2v) is 28.5. The van der Waals surface area contributed by atoms with Gasteiger partial charge in [0, 0.05) is 37.0 Å². The van der Waals surface area contributed by atoms with E-state index in [4.69, 9.17) is 9.97 Å². The van der Waals surface area contributed by atoms with Gasteiger partial charge in [0.15, 0.2) is 5.78 Å². The monoisotopic (exact) mass is 974 g/mol. The van der Waals surface area contributed by atoms with Gasteiger partial charge in [0.1, 0.15) is 5.76 Å². The van der Waals surface area contributed by atoms with Gasteiger partial charge in [-0.05, 0) is 25.7 Å². The van der Waals surface area contributed by atoms with Gasteiger partial charge in [0.05, 0.1) is 0 Å². The number of aliphatic hydroxyl groups is 1. The van der Waals surface area contributed by atoms with Crippen molar-refractivity contribution in [3.63, 3.8) is 0 Å². The summed E-state index contributed by atoms with van der Waals surface area (Å²) in [6, 6.07) is 21.9. The molecule has 0 fully saturated rings. The van der Waals surface area contributed by atoms with Gasteiger partial charge in [-0.1, -0.05) is 41.5 Å². The maximum absolute atomic E-state index is 12.2. The van der Waals surface area contributed by atoms with Crippen molar-refractivity contribution in [1.29, 1.82) is 0 Å². The number of hydrogen-bond acceptors (Lipinski definition) is 5. The summed E-state index contributed by atoms with van der Waals surface area (Å²) in [5.41, 5.74) is 4.26. The topological polar surface area (TPSA) is 63.1 Å². The zero-order valence-electron chi connectivity index (χ0n) is 34.4. The molecular formula is C46H63GeIrN2O2S-. The van der Waals surface area contributed by atoms with Crippen molar-refractivity contribution in [2.75, 3.05) is 0 Å². The van der Waals surface area contributed by atoms with Crippen LogP contribution < -0.4 is 4.40 Å². The van der Waals surface area contributed by atoms with Gasteiger partial charge in [-0.3, -0.25) is 4.79 Å². The molecule has 3 aromatic carbocycles. The summed E-state index contributed by atoms with van der Waals surface area (Å²) in [5.74, 6) is 0.286. The number of nitrogens with zero attached hydrogens (tertiary/aromatic N) is 2. The Kier molecular flexibility index (Phi) is 15.7. The van der Waals surface area contributed by atoms with Crippen LogP contribution in [-0.2, 0) is 31.3 Å². The molecule has 7 heteroatoms. The number of thiophene rings is 1. The van der Waals surface area contributed by atoms with Crippen molar-refractivity contribution >= 4 is 65.9 Å². The Bertz CT molecular complexity index is 2020. The van der Waals surface area contributed by atoms with Gasteiger partial charge in [-0.15, -0.1) is 0 Å². The Balaban J connectivity index is 0.000000359. The molecule has 53 heavy (non-hydrogen) atoms. The van der Waals surface area contributed by atoms with E-state index in [1.807, 2.05) is 52.9 Å². The number of allylic oxidation sites excluding steroid dienone is 2. The summed E-state index contributed by atoms with van der Waals surface area (Å²) < 4.78 is 4.09. The molecule has 1 radical (unpaired) electrons. The standard InChI is InChI=1S/C31H35GeN2S.C15H28O2.Ir/c1-7-32(8-2,9-3)26-18-23(17-22-12-10-11-13-24(22)26)28-30-29(34-20-33-28)25-15-14-21(16-27(25)35-30)19-31(4,5)6;1-7-14(5,8-2)12(16)11-13(17)15(6,9-3)10-4;/h10-16,18,20H,7-9,19H2,1-6H3;11,16H,7-10H2,1-6H3;/q-1;;/b;12-11-;. The molecule has 0 saturated carbocycles. The first kappa shape index (κ1) is 45.0. The fourth-order valence-corrected chi connectivity index (χ4v) is 16.7. The summed E-state index contributed by atoms with van der Waals surface area (Å²) in [7, 11) is 0. The number of fused-ring (bicyclic) bond motifs is 4. The number of carbonyl (C=O) groups excluding carboxylic acids is 1. The van der Waals surface area contributed by atoms with Gasteiger partial charge >= 0.3 is 217 Å². The van der Waals surface area contributed by atoms with E-state index in [9.17, 15) is 9.90 Å². The van der Waals surface area contributed by atoms with E-state index < -0.39 is 13.3 Å². The van der Waals surface area contributed by atoms with E-state index in [-0.39, 0.29) is 47.9 Å². The van der Waals surface area contributed by atoms with Crippen molar-refractivity contribution < 1.29 is 30.0 Å². The van der Waals surface area contributed by atoms with E-state index in [2.05, 4.69) is 96.1 Å². The molecule has 0 bridgehead atoms. The number of rotatable bonds is 13. The predicted molar refractivity (Wildman–Crippen MR) is 230 cm³/mol. The average molecular weight is 973 g/mol. The third-order valence-corrected chi connectivity index (χ3v) is 25.2. The van der Waals surface area contributed by atoms with Crippen molar-refractivity contribution in [3.8, 4) is 11.3 Å². The molecule has 5 rings (SSSR count). The van der Waals surface area contributed by atoms with Crippen LogP contribution in [0.1, 0.15) is 114 Å². The molecule has 1 N–H and O–H groups in total. The maximum atomic E-state index is 12.2. The minimum atomic E-state index is -2.23. The van der Waals surface area contributed by atoms with Crippen molar-refractivity contribution in [2.45, 2.75) is 131 Å². The van der Waals surface area contributed by atoms with E-state index in [1.54, 1.807) is 10.7 Å². The first-order valence-electron chi connectivity index (χ1n) is 19.7. The van der Waals surface area contributed by atoms with Crippen LogP contribution in [0.5, 0.6) is 0 Å². The molecule has 2 heterocycles. The molecule has 0 amide bonds. The van der Waals surface area contributed by atoms with Crippen molar-refractivity contribution in [1.82, 2.24) is 9.97 Å². The first-order chi connectivity index (χ1) is 24.6. The number of benzene rings is 3. The zero-order valence-corrected chi connectivity index (χ0v) is 39.7. The van der Waals surface area contributed by atoms with Crippen LogP contribution in [0.3, 0.4) is 0 Å². The van der Waals surface area contributed by atoms with Crippen molar-refractivity contribution in [3.05, 3.63) is 78.3 Å². The molecule has 0 aliphatic heterocycles. The Labute approximate surface area is 340 Å². The van der Waals surface area contributed by atoms with Crippen LogP contribution in [-0.4, -0.2) is 34.1 Å². The van der Waals surface area contributed by atoms with E-state index >= 15 is 0 Å². The fraction of sp³-hybridized carbons (Fsp3) is 0.500. The molecule has 0 aliphatic rings. The Morgan fingerprint density at radius 2 is 1.42 bits per heavy atom. The molecule has 0 aliphatic carbocycles. The molecule has 4 nitrogen and oxygen atoms in total. The van der Waals surface area contributed by atoms with Gasteiger partial charge in [0.2, 0.25) is 0 Å². The Morgan fingerprint density at radius 3 is 1.98 bits per heavy atom. The maximum Gasteiger partial charge on any atom is 0 e. The molecular weight excluding hydrogens is 909 g/mol.